The van der Waals surface area contributed by atoms with Gasteiger partial charge in [0, 0.05) is 53.8 Å². The van der Waals surface area contributed by atoms with Gasteiger partial charge in [-0.2, -0.15) is 13.2 Å². The Hall–Kier alpha value is -3.79. The van der Waals surface area contributed by atoms with Crippen molar-refractivity contribution < 1.29 is 27.5 Å². The SMILES string of the molecule is CCN1C(=O)[C@H]2[C@@H]3COC[C@@H]3[C@H]2c2cc(-c3cc(NC(=O)c4cncc(C(F)(F)F)c4)ccc3C)cnc21. The minimum absolute atomic E-state index is 0.0665. The molecule has 10 heteroatoms. The highest BCUT2D eigenvalue weighted by atomic mass is 19.4. The van der Waals surface area contributed by atoms with E-state index >= 15 is 0 Å². The van der Waals surface area contributed by atoms with Gasteiger partial charge < -0.3 is 10.1 Å². The van der Waals surface area contributed by atoms with Gasteiger partial charge in [0.2, 0.25) is 5.91 Å². The van der Waals surface area contributed by atoms with Gasteiger partial charge in [0.25, 0.3) is 5.91 Å². The molecule has 196 valence electrons. The number of carbonyl (C=O) groups is 2. The summed E-state index contributed by atoms with van der Waals surface area (Å²) in [6.45, 7) is 5.66. The summed E-state index contributed by atoms with van der Waals surface area (Å²) in [4.78, 5) is 36.0. The first-order chi connectivity index (χ1) is 18.2. The maximum absolute atomic E-state index is 13.2. The van der Waals surface area contributed by atoms with Gasteiger partial charge in [-0.3, -0.25) is 19.5 Å². The number of alkyl halides is 3. The smallest absolute Gasteiger partial charge is 0.381 e. The lowest BCUT2D eigenvalue weighted by Crippen LogP contribution is -2.57. The third kappa shape index (κ3) is 3.86. The maximum Gasteiger partial charge on any atom is 0.417 e. The minimum atomic E-state index is -4.60. The molecule has 4 atom stereocenters. The second-order valence-electron chi connectivity index (χ2n) is 10.1. The molecule has 4 heterocycles. The summed E-state index contributed by atoms with van der Waals surface area (Å²) in [7, 11) is 0. The summed E-state index contributed by atoms with van der Waals surface area (Å²) < 4.78 is 44.9. The zero-order valence-electron chi connectivity index (χ0n) is 20.7. The van der Waals surface area contributed by atoms with Crippen molar-refractivity contribution in [2.45, 2.75) is 25.9 Å². The van der Waals surface area contributed by atoms with E-state index in [1.165, 1.54) is 0 Å². The number of fused-ring (bicyclic) bond motifs is 6. The number of halogens is 3. The number of hydrogen-bond donors (Lipinski definition) is 1. The molecule has 0 radical (unpaired) electrons. The number of nitrogens with zero attached hydrogens (tertiary/aromatic N) is 3. The number of aromatic nitrogens is 2. The average Bonchev–Trinajstić information content (AvgIpc) is 3.28. The molecule has 2 amide bonds. The number of nitrogens with one attached hydrogen (secondary N) is 1. The average molecular weight is 523 g/mol. The molecule has 1 saturated heterocycles. The number of ether oxygens (including phenoxy) is 1. The fourth-order valence-electron chi connectivity index (χ4n) is 6.09. The summed E-state index contributed by atoms with van der Waals surface area (Å²) >= 11 is 0. The molecule has 1 N–H and O–H groups in total. The van der Waals surface area contributed by atoms with Crippen molar-refractivity contribution in [1.82, 2.24) is 9.97 Å². The number of hydrogen-bond acceptors (Lipinski definition) is 5. The number of pyridine rings is 2. The van der Waals surface area contributed by atoms with Crippen molar-refractivity contribution in [2.24, 2.45) is 17.8 Å². The van der Waals surface area contributed by atoms with E-state index in [-0.39, 0.29) is 29.2 Å². The Balaban J connectivity index is 1.32. The van der Waals surface area contributed by atoms with E-state index in [1.54, 1.807) is 23.2 Å². The van der Waals surface area contributed by atoms with Crippen molar-refractivity contribution in [3.63, 3.8) is 0 Å². The van der Waals surface area contributed by atoms with Crippen molar-refractivity contribution in [3.8, 4) is 11.1 Å². The number of benzene rings is 1. The van der Waals surface area contributed by atoms with Gasteiger partial charge in [-0.15, -0.1) is 0 Å². The molecule has 3 aliphatic rings. The highest BCUT2D eigenvalue weighted by Crippen LogP contribution is 2.60. The van der Waals surface area contributed by atoms with Gasteiger partial charge in [0.05, 0.1) is 30.3 Å². The molecule has 0 bridgehead atoms. The van der Waals surface area contributed by atoms with E-state index in [2.05, 4.69) is 16.4 Å². The number of amides is 2. The predicted molar refractivity (Wildman–Crippen MR) is 134 cm³/mol. The van der Waals surface area contributed by atoms with Crippen molar-refractivity contribution in [3.05, 3.63) is 71.2 Å². The van der Waals surface area contributed by atoms with Crippen LogP contribution in [-0.2, 0) is 15.7 Å². The van der Waals surface area contributed by atoms with Crippen molar-refractivity contribution in [1.29, 1.82) is 0 Å². The summed E-state index contributed by atoms with van der Waals surface area (Å²) in [6, 6.07) is 8.17. The Morgan fingerprint density at radius 3 is 2.61 bits per heavy atom. The normalized spacial score (nSPS) is 23.8. The zero-order chi connectivity index (χ0) is 26.8. The Bertz CT molecular complexity index is 1460. The number of carbonyl (C=O) groups excluding carboxylic acids is 2. The zero-order valence-corrected chi connectivity index (χ0v) is 20.7. The number of rotatable bonds is 4. The van der Waals surface area contributed by atoms with Crippen LogP contribution in [0.5, 0.6) is 0 Å². The van der Waals surface area contributed by atoms with E-state index in [0.29, 0.717) is 43.4 Å². The summed E-state index contributed by atoms with van der Waals surface area (Å²) in [5.74, 6) is 0.616. The van der Waals surface area contributed by atoms with Gasteiger partial charge in [0.15, 0.2) is 0 Å². The predicted octanol–water partition coefficient (Wildman–Crippen LogP) is 5.07. The van der Waals surface area contributed by atoms with Crippen LogP contribution in [-0.4, -0.2) is 41.5 Å². The largest absolute Gasteiger partial charge is 0.417 e. The Kier molecular flexibility index (Phi) is 5.75. The first kappa shape index (κ1) is 24.5. The summed E-state index contributed by atoms with van der Waals surface area (Å²) in [5, 5.41) is 2.68. The maximum atomic E-state index is 13.2. The van der Waals surface area contributed by atoms with Crippen LogP contribution in [0.25, 0.3) is 11.1 Å². The topological polar surface area (TPSA) is 84.4 Å². The molecule has 1 aromatic carbocycles. The van der Waals surface area contributed by atoms with Gasteiger partial charge in [0.1, 0.15) is 5.82 Å². The van der Waals surface area contributed by atoms with Crippen LogP contribution in [0.3, 0.4) is 0 Å². The van der Waals surface area contributed by atoms with Crippen LogP contribution in [0.15, 0.2) is 48.9 Å². The van der Waals surface area contributed by atoms with Crippen molar-refractivity contribution in [2.75, 3.05) is 30.0 Å². The second-order valence-corrected chi connectivity index (χ2v) is 10.1. The molecule has 0 spiro atoms. The Labute approximate surface area is 217 Å². The third-order valence-electron chi connectivity index (χ3n) is 7.99. The molecule has 6 rings (SSSR count). The lowest BCUT2D eigenvalue weighted by molar-refractivity contribution is -0.137. The van der Waals surface area contributed by atoms with E-state index in [0.717, 1.165) is 34.5 Å². The second kappa shape index (κ2) is 8.90. The van der Waals surface area contributed by atoms with Gasteiger partial charge in [-0.25, -0.2) is 4.98 Å². The lowest BCUT2D eigenvalue weighted by Gasteiger charge is -2.52. The molecule has 1 aliphatic carbocycles. The molecule has 2 fully saturated rings. The van der Waals surface area contributed by atoms with E-state index < -0.39 is 17.6 Å². The van der Waals surface area contributed by atoms with E-state index in [9.17, 15) is 22.8 Å². The fraction of sp³-hybridized carbons (Fsp3) is 0.357. The van der Waals surface area contributed by atoms with E-state index in [1.807, 2.05) is 19.9 Å². The highest BCUT2D eigenvalue weighted by molar-refractivity contribution is 6.04. The Morgan fingerprint density at radius 2 is 1.87 bits per heavy atom. The molecular formula is C28H25F3N4O3. The minimum Gasteiger partial charge on any atom is -0.381 e. The first-order valence-corrected chi connectivity index (χ1v) is 12.5. The van der Waals surface area contributed by atoms with Crippen LogP contribution >= 0.6 is 0 Å². The summed E-state index contributed by atoms with van der Waals surface area (Å²) in [5.41, 5.74) is 2.90. The molecule has 3 aromatic rings. The van der Waals surface area contributed by atoms with Crippen LogP contribution in [0.2, 0.25) is 0 Å². The van der Waals surface area contributed by atoms with Crippen molar-refractivity contribution >= 4 is 23.3 Å². The molecule has 0 unspecified atom stereocenters. The summed E-state index contributed by atoms with van der Waals surface area (Å²) in [6.07, 6.45) is -1.09. The number of anilines is 2. The lowest BCUT2D eigenvalue weighted by atomic mass is 9.54. The highest BCUT2D eigenvalue weighted by Gasteiger charge is 2.60. The molecule has 7 nitrogen and oxygen atoms in total. The molecule has 2 aromatic heterocycles. The van der Waals surface area contributed by atoms with Crippen LogP contribution < -0.4 is 10.2 Å². The van der Waals surface area contributed by atoms with Gasteiger partial charge >= 0.3 is 6.18 Å². The molecule has 38 heavy (non-hydrogen) atoms. The standard InChI is InChI=1S/C28H25F3N4O3/c1-3-35-25-20(23-21-12-38-13-22(21)24(23)27(35)37)7-15(10-33-25)19-8-18(5-4-14(19)2)34-26(36)16-6-17(11-32-9-16)28(29,30)31/h4-11,21-24H,3,12-13H2,1-2H3,(H,34,36)/t21-,22+,23+,24-/m0/s1. The fourth-order valence-corrected chi connectivity index (χ4v) is 6.09. The quantitative estimate of drug-likeness (QED) is 0.518. The third-order valence-corrected chi connectivity index (χ3v) is 7.99. The van der Waals surface area contributed by atoms with Crippen LogP contribution in [0.4, 0.5) is 24.7 Å². The number of aryl methyl sites for hydroxylation is 1. The first-order valence-electron chi connectivity index (χ1n) is 12.5. The van der Waals surface area contributed by atoms with Crippen LogP contribution in [0, 0.1) is 24.7 Å². The van der Waals surface area contributed by atoms with Gasteiger partial charge in [-0.1, -0.05) is 6.07 Å². The molecular weight excluding hydrogens is 497 g/mol. The van der Waals surface area contributed by atoms with Crippen LogP contribution in [0.1, 0.15) is 39.9 Å². The van der Waals surface area contributed by atoms with E-state index in [4.69, 9.17) is 9.72 Å². The monoisotopic (exact) mass is 522 g/mol. The van der Waals surface area contributed by atoms with Gasteiger partial charge in [-0.05, 0) is 55.2 Å². The Morgan fingerprint density at radius 1 is 1.11 bits per heavy atom. The molecule has 1 saturated carbocycles. The molecule has 2 aliphatic heterocycles.